The molecule has 2 aromatic carbocycles. The van der Waals surface area contributed by atoms with Crippen LogP contribution in [-0.4, -0.2) is 25.7 Å². The molecule has 5 heteroatoms. The van der Waals surface area contributed by atoms with Gasteiger partial charge in [0.2, 0.25) is 0 Å². The van der Waals surface area contributed by atoms with Crippen LogP contribution in [0.25, 0.3) is 0 Å². The number of methoxy groups -OCH3 is 1. The van der Waals surface area contributed by atoms with E-state index < -0.39 is 11.9 Å². The predicted octanol–water partition coefficient (Wildman–Crippen LogP) is 3.74. The highest BCUT2D eigenvalue weighted by molar-refractivity contribution is 5.81. The molecule has 0 saturated heterocycles. The maximum Gasteiger partial charge on any atom is 0.261 e. The number of para-hydroxylation sites is 2. The maximum absolute atomic E-state index is 13.6. The van der Waals surface area contributed by atoms with Gasteiger partial charge in [0.1, 0.15) is 5.75 Å². The van der Waals surface area contributed by atoms with Crippen LogP contribution in [-0.2, 0) is 11.2 Å². The van der Waals surface area contributed by atoms with Crippen molar-refractivity contribution >= 4 is 5.91 Å². The first-order chi connectivity index (χ1) is 12.2. The van der Waals surface area contributed by atoms with Crippen LogP contribution < -0.4 is 14.8 Å². The number of rotatable bonds is 9. The number of carbonyl (C=O) groups is 1. The summed E-state index contributed by atoms with van der Waals surface area (Å²) in [5.74, 6) is 0.248. The molecule has 0 radical (unpaired) electrons. The Morgan fingerprint density at radius 1 is 1.12 bits per heavy atom. The van der Waals surface area contributed by atoms with E-state index in [1.165, 1.54) is 12.1 Å². The molecule has 0 aliphatic heterocycles. The first-order valence-corrected chi connectivity index (χ1v) is 8.46. The fraction of sp³-hybridized carbons (Fsp3) is 0.350. The standard InChI is InChI=1S/C20H24FNO3/c1-3-17(25-19-13-7-5-11-16(19)21)20(23)22-14-8-10-15-9-4-6-12-18(15)24-2/h4-7,9,11-13,17H,3,8,10,14H2,1-2H3,(H,22,23)/t17-/m0/s1. The molecule has 1 atom stereocenters. The molecule has 0 spiro atoms. The van der Waals surface area contributed by atoms with Gasteiger partial charge in [0.25, 0.3) is 5.91 Å². The Morgan fingerprint density at radius 3 is 2.48 bits per heavy atom. The van der Waals surface area contributed by atoms with Crippen molar-refractivity contribution in [3.05, 3.63) is 59.9 Å². The first kappa shape index (κ1) is 18.8. The molecule has 2 aromatic rings. The zero-order valence-corrected chi connectivity index (χ0v) is 14.6. The fourth-order valence-electron chi connectivity index (χ4n) is 2.53. The molecule has 1 N–H and O–H groups in total. The molecule has 0 saturated carbocycles. The number of hydrogen-bond donors (Lipinski definition) is 1. The molecule has 1 amide bonds. The van der Waals surface area contributed by atoms with E-state index in [1.807, 2.05) is 31.2 Å². The van der Waals surface area contributed by atoms with Gasteiger partial charge in [-0.15, -0.1) is 0 Å². The highest BCUT2D eigenvalue weighted by atomic mass is 19.1. The molecular formula is C20H24FNO3. The number of amides is 1. The minimum atomic E-state index is -0.705. The summed E-state index contributed by atoms with van der Waals surface area (Å²) in [6, 6.07) is 13.9. The number of nitrogens with one attached hydrogen (secondary N) is 1. The second kappa shape index (κ2) is 9.67. The third-order valence-electron chi connectivity index (χ3n) is 3.88. The van der Waals surface area contributed by atoms with Crippen LogP contribution in [0.15, 0.2) is 48.5 Å². The largest absolute Gasteiger partial charge is 0.496 e. The molecule has 0 aromatic heterocycles. The van der Waals surface area contributed by atoms with Gasteiger partial charge in [-0.05, 0) is 43.0 Å². The molecule has 134 valence electrons. The van der Waals surface area contributed by atoms with Gasteiger partial charge < -0.3 is 14.8 Å². The van der Waals surface area contributed by atoms with Gasteiger partial charge >= 0.3 is 0 Å². The summed E-state index contributed by atoms with van der Waals surface area (Å²) in [4.78, 5) is 12.2. The summed E-state index contributed by atoms with van der Waals surface area (Å²) in [6.45, 7) is 2.36. The SMILES string of the molecule is CC[C@H](Oc1ccccc1F)C(=O)NCCCc1ccccc1OC. The summed E-state index contributed by atoms with van der Waals surface area (Å²) >= 11 is 0. The third-order valence-corrected chi connectivity index (χ3v) is 3.88. The average molecular weight is 345 g/mol. The average Bonchev–Trinajstić information content (AvgIpc) is 2.64. The zero-order chi connectivity index (χ0) is 18.1. The minimum absolute atomic E-state index is 0.0959. The zero-order valence-electron chi connectivity index (χ0n) is 14.6. The molecule has 25 heavy (non-hydrogen) atoms. The fourth-order valence-corrected chi connectivity index (χ4v) is 2.53. The molecule has 0 heterocycles. The number of hydrogen-bond acceptors (Lipinski definition) is 3. The Kier molecular flexibility index (Phi) is 7.26. The normalized spacial score (nSPS) is 11.6. The summed E-state index contributed by atoms with van der Waals surface area (Å²) in [7, 11) is 1.65. The second-order valence-corrected chi connectivity index (χ2v) is 5.65. The minimum Gasteiger partial charge on any atom is -0.496 e. The summed E-state index contributed by atoms with van der Waals surface area (Å²) in [5.41, 5.74) is 1.11. The lowest BCUT2D eigenvalue weighted by atomic mass is 10.1. The van der Waals surface area contributed by atoms with E-state index in [9.17, 15) is 9.18 Å². The van der Waals surface area contributed by atoms with Crippen molar-refractivity contribution in [3.8, 4) is 11.5 Å². The smallest absolute Gasteiger partial charge is 0.261 e. The molecule has 0 unspecified atom stereocenters. The van der Waals surface area contributed by atoms with Crippen LogP contribution in [0.3, 0.4) is 0 Å². The first-order valence-electron chi connectivity index (χ1n) is 8.46. The van der Waals surface area contributed by atoms with Crippen LogP contribution in [0.4, 0.5) is 4.39 Å². The summed E-state index contributed by atoms with van der Waals surface area (Å²) < 4.78 is 24.5. The van der Waals surface area contributed by atoms with E-state index >= 15 is 0 Å². The van der Waals surface area contributed by atoms with Crippen LogP contribution >= 0.6 is 0 Å². The van der Waals surface area contributed by atoms with Crippen LogP contribution in [0.2, 0.25) is 0 Å². The highest BCUT2D eigenvalue weighted by Crippen LogP contribution is 2.19. The summed E-state index contributed by atoms with van der Waals surface area (Å²) in [5, 5.41) is 2.85. The number of carbonyl (C=O) groups excluding carboxylic acids is 1. The quantitative estimate of drug-likeness (QED) is 0.704. The van der Waals surface area contributed by atoms with Crippen LogP contribution in [0.5, 0.6) is 11.5 Å². The number of aryl methyl sites for hydroxylation is 1. The van der Waals surface area contributed by atoms with Gasteiger partial charge in [-0.1, -0.05) is 37.3 Å². The molecular weight excluding hydrogens is 321 g/mol. The Hall–Kier alpha value is -2.56. The third kappa shape index (κ3) is 5.48. The number of ether oxygens (including phenoxy) is 2. The lowest BCUT2D eigenvalue weighted by Crippen LogP contribution is -2.38. The predicted molar refractivity (Wildman–Crippen MR) is 95.4 cm³/mol. The highest BCUT2D eigenvalue weighted by Gasteiger charge is 2.19. The van der Waals surface area contributed by atoms with Gasteiger partial charge in [-0.2, -0.15) is 0 Å². The molecule has 0 bridgehead atoms. The Bertz CT molecular complexity index is 690. The topological polar surface area (TPSA) is 47.6 Å². The van der Waals surface area contributed by atoms with Crippen LogP contribution in [0, 0.1) is 5.82 Å². The van der Waals surface area contributed by atoms with Gasteiger partial charge in [-0.25, -0.2) is 4.39 Å². The Balaban J connectivity index is 1.81. The van der Waals surface area contributed by atoms with Gasteiger partial charge in [0.05, 0.1) is 7.11 Å². The summed E-state index contributed by atoms with van der Waals surface area (Å²) in [6.07, 6.45) is 1.34. The van der Waals surface area contributed by atoms with E-state index in [0.717, 1.165) is 24.2 Å². The van der Waals surface area contributed by atoms with Crippen molar-refractivity contribution in [2.24, 2.45) is 0 Å². The lowest BCUT2D eigenvalue weighted by Gasteiger charge is -2.17. The van der Waals surface area contributed by atoms with E-state index in [1.54, 1.807) is 19.2 Å². The second-order valence-electron chi connectivity index (χ2n) is 5.65. The molecule has 4 nitrogen and oxygen atoms in total. The van der Waals surface area contributed by atoms with Gasteiger partial charge in [0, 0.05) is 6.54 Å². The van der Waals surface area contributed by atoms with Crippen molar-refractivity contribution in [3.63, 3.8) is 0 Å². The molecule has 0 aliphatic rings. The molecule has 0 fully saturated rings. The monoisotopic (exact) mass is 345 g/mol. The Morgan fingerprint density at radius 2 is 1.80 bits per heavy atom. The van der Waals surface area contributed by atoms with Crippen molar-refractivity contribution in [2.75, 3.05) is 13.7 Å². The van der Waals surface area contributed by atoms with E-state index in [0.29, 0.717) is 13.0 Å². The Labute approximate surface area is 148 Å². The van der Waals surface area contributed by atoms with E-state index in [-0.39, 0.29) is 11.7 Å². The van der Waals surface area contributed by atoms with E-state index in [2.05, 4.69) is 5.32 Å². The maximum atomic E-state index is 13.6. The van der Waals surface area contributed by atoms with Crippen molar-refractivity contribution in [1.82, 2.24) is 5.32 Å². The van der Waals surface area contributed by atoms with Gasteiger partial charge in [0.15, 0.2) is 17.7 Å². The number of benzene rings is 2. The van der Waals surface area contributed by atoms with Crippen LogP contribution in [0.1, 0.15) is 25.3 Å². The molecule has 0 aliphatic carbocycles. The van der Waals surface area contributed by atoms with Gasteiger partial charge in [-0.3, -0.25) is 4.79 Å². The molecule has 2 rings (SSSR count). The van der Waals surface area contributed by atoms with Crippen molar-refractivity contribution < 1.29 is 18.7 Å². The van der Waals surface area contributed by atoms with Crippen molar-refractivity contribution in [1.29, 1.82) is 0 Å². The van der Waals surface area contributed by atoms with Crippen molar-refractivity contribution in [2.45, 2.75) is 32.3 Å². The lowest BCUT2D eigenvalue weighted by molar-refractivity contribution is -0.128. The van der Waals surface area contributed by atoms with E-state index in [4.69, 9.17) is 9.47 Å². The number of halogens is 1.